The van der Waals surface area contributed by atoms with Crippen molar-refractivity contribution < 1.29 is 22.7 Å². The number of alkyl halides is 3. The zero-order valence-electron chi connectivity index (χ0n) is 15.0. The lowest BCUT2D eigenvalue weighted by Crippen LogP contribution is -2.20. The molecule has 0 aliphatic rings. The van der Waals surface area contributed by atoms with Crippen molar-refractivity contribution in [1.82, 2.24) is 9.97 Å². The number of amides is 1. The number of hydrogen-bond acceptors (Lipinski definition) is 4. The monoisotopic (exact) mass is 387 g/mol. The molecule has 1 N–H and O–H groups in total. The molecule has 0 aliphatic heterocycles. The number of aryl methyl sites for hydroxylation is 2. The van der Waals surface area contributed by atoms with E-state index in [-0.39, 0.29) is 11.7 Å². The Balaban J connectivity index is 1.86. The van der Waals surface area contributed by atoms with Crippen LogP contribution >= 0.6 is 0 Å². The Kier molecular flexibility index (Phi) is 5.30. The number of ether oxygens (including phenoxy) is 1. The molecule has 0 fully saturated rings. The molecule has 0 saturated heterocycles. The van der Waals surface area contributed by atoms with Gasteiger partial charge >= 0.3 is 12.2 Å². The van der Waals surface area contributed by atoms with Crippen LogP contribution in [-0.4, -0.2) is 15.9 Å². The standard InChI is InChI=1S/C20H16F3N3O2/c1-12-17(13(2)25-19(24-12)28-14-8-4-3-5-9-14)26-18(27)15-10-6-7-11-16(15)20(21,22)23/h3-11H,1-2H3,(H,26,27). The second kappa shape index (κ2) is 7.67. The van der Waals surface area contributed by atoms with Crippen molar-refractivity contribution in [3.63, 3.8) is 0 Å². The van der Waals surface area contributed by atoms with Crippen LogP contribution in [0.2, 0.25) is 0 Å². The number of halogens is 3. The van der Waals surface area contributed by atoms with Crippen LogP contribution in [0.25, 0.3) is 0 Å². The molecule has 0 radical (unpaired) electrons. The largest absolute Gasteiger partial charge is 0.424 e. The summed E-state index contributed by atoms with van der Waals surface area (Å²) in [5.74, 6) is -0.350. The Morgan fingerprint density at radius 3 is 2.11 bits per heavy atom. The number of benzene rings is 2. The van der Waals surface area contributed by atoms with Crippen LogP contribution in [0.1, 0.15) is 27.3 Å². The van der Waals surface area contributed by atoms with Crippen molar-refractivity contribution in [2.24, 2.45) is 0 Å². The molecular formula is C20H16F3N3O2. The summed E-state index contributed by atoms with van der Waals surface area (Å²) in [5.41, 5.74) is -0.499. The third kappa shape index (κ3) is 4.28. The molecule has 8 heteroatoms. The molecule has 3 aromatic rings. The number of para-hydroxylation sites is 1. The second-order valence-corrected chi connectivity index (χ2v) is 5.96. The van der Waals surface area contributed by atoms with Gasteiger partial charge in [0.2, 0.25) is 0 Å². The minimum atomic E-state index is -4.64. The lowest BCUT2D eigenvalue weighted by Gasteiger charge is -2.15. The van der Waals surface area contributed by atoms with Crippen molar-refractivity contribution in [1.29, 1.82) is 0 Å². The Bertz CT molecular complexity index is 982. The van der Waals surface area contributed by atoms with Gasteiger partial charge in [-0.2, -0.15) is 23.1 Å². The summed E-state index contributed by atoms with van der Waals surface area (Å²) in [6.45, 7) is 3.22. The fraction of sp³-hybridized carbons (Fsp3) is 0.150. The Morgan fingerprint density at radius 2 is 1.50 bits per heavy atom. The molecule has 1 aromatic heterocycles. The molecule has 0 atom stereocenters. The lowest BCUT2D eigenvalue weighted by molar-refractivity contribution is -0.137. The molecule has 5 nitrogen and oxygen atoms in total. The highest BCUT2D eigenvalue weighted by Crippen LogP contribution is 2.32. The highest BCUT2D eigenvalue weighted by molar-refractivity contribution is 6.06. The van der Waals surface area contributed by atoms with Gasteiger partial charge in [-0.05, 0) is 38.1 Å². The number of nitrogens with one attached hydrogen (secondary N) is 1. The molecule has 0 aliphatic carbocycles. The Hall–Kier alpha value is -3.42. The van der Waals surface area contributed by atoms with Gasteiger partial charge in [0.1, 0.15) is 5.75 Å². The third-order valence-electron chi connectivity index (χ3n) is 3.92. The molecule has 28 heavy (non-hydrogen) atoms. The van der Waals surface area contributed by atoms with Crippen LogP contribution in [-0.2, 0) is 6.18 Å². The van der Waals surface area contributed by atoms with Crippen LogP contribution in [0, 0.1) is 13.8 Å². The maximum Gasteiger partial charge on any atom is 0.417 e. The zero-order chi connectivity index (χ0) is 20.3. The molecular weight excluding hydrogens is 371 g/mol. The first-order valence-corrected chi connectivity index (χ1v) is 8.31. The van der Waals surface area contributed by atoms with Crippen molar-refractivity contribution in [3.8, 4) is 11.8 Å². The summed E-state index contributed by atoms with van der Waals surface area (Å²) in [6.07, 6.45) is -4.64. The molecule has 0 spiro atoms. The van der Waals surface area contributed by atoms with Crippen molar-refractivity contribution in [2.75, 3.05) is 5.32 Å². The van der Waals surface area contributed by atoms with Gasteiger partial charge in [-0.1, -0.05) is 30.3 Å². The minimum absolute atomic E-state index is 0.0786. The number of nitrogens with zero attached hydrogens (tertiary/aromatic N) is 2. The second-order valence-electron chi connectivity index (χ2n) is 5.96. The lowest BCUT2D eigenvalue weighted by atomic mass is 10.1. The summed E-state index contributed by atoms with van der Waals surface area (Å²) in [7, 11) is 0. The van der Waals surface area contributed by atoms with Crippen molar-refractivity contribution in [3.05, 3.63) is 77.1 Å². The van der Waals surface area contributed by atoms with Crippen LogP contribution in [0.4, 0.5) is 18.9 Å². The van der Waals surface area contributed by atoms with Crippen molar-refractivity contribution in [2.45, 2.75) is 20.0 Å². The quantitative estimate of drug-likeness (QED) is 0.672. The molecule has 1 heterocycles. The molecule has 3 rings (SSSR count). The van der Waals surface area contributed by atoms with Crippen molar-refractivity contribution >= 4 is 11.6 Å². The third-order valence-corrected chi connectivity index (χ3v) is 3.92. The fourth-order valence-electron chi connectivity index (χ4n) is 2.62. The number of rotatable bonds is 4. The first-order chi connectivity index (χ1) is 13.3. The minimum Gasteiger partial charge on any atom is -0.424 e. The first kappa shape index (κ1) is 19.3. The predicted octanol–water partition coefficient (Wildman–Crippen LogP) is 5.16. The van der Waals surface area contributed by atoms with Gasteiger partial charge < -0.3 is 10.1 Å². The van der Waals surface area contributed by atoms with Gasteiger partial charge in [-0.15, -0.1) is 0 Å². The van der Waals surface area contributed by atoms with E-state index in [9.17, 15) is 18.0 Å². The van der Waals surface area contributed by atoms with Crippen LogP contribution < -0.4 is 10.1 Å². The number of carbonyl (C=O) groups is 1. The summed E-state index contributed by atoms with van der Waals surface area (Å²) < 4.78 is 45.0. The average Bonchev–Trinajstić information content (AvgIpc) is 2.65. The van der Waals surface area contributed by atoms with E-state index in [2.05, 4.69) is 15.3 Å². The Labute approximate surface area is 159 Å². The maximum absolute atomic E-state index is 13.1. The van der Waals surface area contributed by atoms with E-state index in [0.29, 0.717) is 17.1 Å². The van der Waals surface area contributed by atoms with Gasteiger partial charge in [0.25, 0.3) is 5.91 Å². The summed E-state index contributed by atoms with van der Waals surface area (Å²) in [5, 5.41) is 2.48. The number of hydrogen-bond donors (Lipinski definition) is 1. The van der Waals surface area contributed by atoms with Crippen LogP contribution in [0.5, 0.6) is 11.8 Å². The van der Waals surface area contributed by atoms with E-state index in [1.54, 1.807) is 38.1 Å². The van der Waals surface area contributed by atoms with Gasteiger partial charge in [-0.25, -0.2) is 0 Å². The predicted molar refractivity (Wildman–Crippen MR) is 97.4 cm³/mol. The molecule has 144 valence electrons. The van der Waals surface area contributed by atoms with E-state index in [0.717, 1.165) is 12.1 Å². The fourth-order valence-corrected chi connectivity index (χ4v) is 2.62. The average molecular weight is 387 g/mol. The van der Waals surface area contributed by atoms with Gasteiger partial charge in [0.05, 0.1) is 28.2 Å². The summed E-state index contributed by atoms with van der Waals surface area (Å²) >= 11 is 0. The topological polar surface area (TPSA) is 64.1 Å². The van der Waals surface area contributed by atoms with Gasteiger partial charge in [-0.3, -0.25) is 4.79 Å². The highest BCUT2D eigenvalue weighted by Gasteiger charge is 2.35. The Morgan fingerprint density at radius 1 is 0.929 bits per heavy atom. The molecule has 2 aromatic carbocycles. The van der Waals surface area contributed by atoms with E-state index in [1.807, 2.05) is 6.07 Å². The van der Waals surface area contributed by atoms with Gasteiger partial charge in [0, 0.05) is 0 Å². The number of carbonyl (C=O) groups excluding carboxylic acids is 1. The smallest absolute Gasteiger partial charge is 0.417 e. The van der Waals surface area contributed by atoms with E-state index >= 15 is 0 Å². The molecule has 0 bridgehead atoms. The van der Waals surface area contributed by atoms with E-state index in [4.69, 9.17) is 4.74 Å². The van der Waals surface area contributed by atoms with E-state index < -0.39 is 23.2 Å². The van der Waals surface area contributed by atoms with Crippen LogP contribution in [0.15, 0.2) is 54.6 Å². The summed E-state index contributed by atoms with van der Waals surface area (Å²) in [6, 6.07) is 13.6. The highest BCUT2D eigenvalue weighted by atomic mass is 19.4. The normalized spacial score (nSPS) is 11.2. The van der Waals surface area contributed by atoms with Gasteiger partial charge in [0.15, 0.2) is 0 Å². The molecule has 0 saturated carbocycles. The van der Waals surface area contributed by atoms with E-state index in [1.165, 1.54) is 12.1 Å². The number of anilines is 1. The molecule has 0 unspecified atom stereocenters. The molecule has 1 amide bonds. The maximum atomic E-state index is 13.1. The SMILES string of the molecule is Cc1nc(Oc2ccccc2)nc(C)c1NC(=O)c1ccccc1C(F)(F)F. The zero-order valence-corrected chi connectivity index (χ0v) is 15.0. The summed E-state index contributed by atoms with van der Waals surface area (Å²) in [4.78, 5) is 20.8. The number of aromatic nitrogens is 2. The first-order valence-electron chi connectivity index (χ1n) is 8.31. The van der Waals surface area contributed by atoms with Crippen LogP contribution in [0.3, 0.4) is 0 Å².